The second-order valence-electron chi connectivity index (χ2n) is 3.00. The summed E-state index contributed by atoms with van der Waals surface area (Å²) in [4.78, 5) is 9.59. The number of rotatable bonds is 4. The van der Waals surface area contributed by atoms with E-state index >= 15 is 0 Å². The van der Waals surface area contributed by atoms with Crippen LogP contribution in [0.15, 0.2) is 42.5 Å². The number of hydrogen-bond acceptors (Lipinski definition) is 2. The fraction of sp³-hybridized carbons (Fsp3) is 0.308. The summed E-state index contributed by atoms with van der Waals surface area (Å²) in [6, 6.07) is 9.52. The van der Waals surface area contributed by atoms with E-state index in [2.05, 4.69) is 6.92 Å². The number of benzene rings is 1. The first-order valence-electron chi connectivity index (χ1n) is 5.10. The summed E-state index contributed by atoms with van der Waals surface area (Å²) in [6.07, 6.45) is 6.33. The van der Waals surface area contributed by atoms with Crippen molar-refractivity contribution in [3.8, 4) is 0 Å². The molecule has 0 fully saturated rings. The zero-order chi connectivity index (χ0) is 11.4. The number of unbranched alkanes of at least 4 members (excludes halogenated alkanes) is 1. The topological polar surface area (TPSA) is 37.3 Å². The first-order valence-corrected chi connectivity index (χ1v) is 5.10. The van der Waals surface area contributed by atoms with Crippen molar-refractivity contribution in [2.24, 2.45) is 0 Å². The van der Waals surface area contributed by atoms with E-state index in [-0.39, 0.29) is 6.61 Å². The van der Waals surface area contributed by atoms with Gasteiger partial charge in [-0.3, -0.25) is 4.79 Å². The smallest absolute Gasteiger partial charge is 0.142 e. The number of aliphatic hydroxyl groups is 1. The maximum Gasteiger partial charge on any atom is 0.142 e. The number of aliphatic hydroxyl groups excluding tert-OH is 1. The lowest BCUT2D eigenvalue weighted by Gasteiger charge is -1.89. The fourth-order valence-corrected chi connectivity index (χ4v) is 0.902. The van der Waals surface area contributed by atoms with E-state index in [9.17, 15) is 4.79 Å². The molecule has 0 spiro atoms. The van der Waals surface area contributed by atoms with E-state index in [0.717, 1.165) is 24.7 Å². The highest BCUT2D eigenvalue weighted by atomic mass is 16.3. The van der Waals surface area contributed by atoms with Crippen molar-refractivity contribution < 1.29 is 9.90 Å². The fourth-order valence-electron chi connectivity index (χ4n) is 0.902. The van der Waals surface area contributed by atoms with Gasteiger partial charge in [0.2, 0.25) is 0 Å². The number of aldehydes is 1. The third-order valence-corrected chi connectivity index (χ3v) is 1.70. The maximum atomic E-state index is 9.59. The average Bonchev–Trinajstić information content (AvgIpc) is 2.32. The Morgan fingerprint density at radius 3 is 2.33 bits per heavy atom. The van der Waals surface area contributed by atoms with Gasteiger partial charge in [0.25, 0.3) is 0 Å². The second-order valence-corrected chi connectivity index (χ2v) is 3.00. The zero-order valence-electron chi connectivity index (χ0n) is 9.10. The summed E-state index contributed by atoms with van der Waals surface area (Å²) in [5.41, 5.74) is 0.965. The van der Waals surface area contributed by atoms with Gasteiger partial charge in [-0.25, -0.2) is 0 Å². The molecular weight excluding hydrogens is 188 g/mol. The Labute approximate surface area is 91.3 Å². The molecule has 82 valence electrons. The van der Waals surface area contributed by atoms with Gasteiger partial charge in [-0.15, -0.1) is 0 Å². The van der Waals surface area contributed by atoms with Gasteiger partial charge in [0.15, 0.2) is 0 Å². The summed E-state index contributed by atoms with van der Waals surface area (Å²) in [5.74, 6) is 0. The standard InChI is InChI=1S/C7H8O.C6H10O/c8-6-7-4-2-1-3-5-7;1-2-3-4-5-6-7/h1-5,8H,6H2;4-6H,2-3H2,1H3/b;5-4+. The molecule has 0 aliphatic carbocycles. The molecule has 0 saturated carbocycles. The van der Waals surface area contributed by atoms with Crippen LogP contribution in [0.5, 0.6) is 0 Å². The molecule has 0 heterocycles. The largest absolute Gasteiger partial charge is 0.392 e. The maximum absolute atomic E-state index is 9.59. The molecule has 1 aromatic rings. The molecule has 0 amide bonds. The van der Waals surface area contributed by atoms with Crippen LogP contribution in [0.25, 0.3) is 0 Å². The molecule has 0 saturated heterocycles. The van der Waals surface area contributed by atoms with Crippen molar-refractivity contribution in [3.05, 3.63) is 48.0 Å². The zero-order valence-corrected chi connectivity index (χ0v) is 9.10. The van der Waals surface area contributed by atoms with Crippen LogP contribution in [0.3, 0.4) is 0 Å². The summed E-state index contributed by atoms with van der Waals surface area (Å²) < 4.78 is 0. The molecule has 1 aromatic carbocycles. The molecule has 0 aliphatic rings. The van der Waals surface area contributed by atoms with E-state index < -0.39 is 0 Å². The van der Waals surface area contributed by atoms with Gasteiger partial charge in [-0.2, -0.15) is 0 Å². The van der Waals surface area contributed by atoms with Gasteiger partial charge in [0.1, 0.15) is 6.29 Å². The van der Waals surface area contributed by atoms with Crippen LogP contribution < -0.4 is 0 Å². The van der Waals surface area contributed by atoms with E-state index in [0.29, 0.717) is 0 Å². The molecule has 0 atom stereocenters. The summed E-state index contributed by atoms with van der Waals surface area (Å²) in [5, 5.41) is 8.54. The van der Waals surface area contributed by atoms with E-state index in [1.54, 1.807) is 0 Å². The van der Waals surface area contributed by atoms with Crippen LogP contribution in [-0.4, -0.2) is 11.4 Å². The lowest BCUT2D eigenvalue weighted by atomic mass is 10.2. The van der Waals surface area contributed by atoms with Crippen LogP contribution in [0.4, 0.5) is 0 Å². The first-order chi connectivity index (χ1) is 7.35. The first kappa shape index (κ1) is 13.6. The van der Waals surface area contributed by atoms with Gasteiger partial charge in [-0.1, -0.05) is 49.8 Å². The Kier molecular flexibility index (Phi) is 9.67. The normalized spacial score (nSPS) is 9.47. The van der Waals surface area contributed by atoms with Gasteiger partial charge in [0.05, 0.1) is 6.61 Å². The highest BCUT2D eigenvalue weighted by Crippen LogP contribution is 1.95. The molecule has 1 rings (SSSR count). The Hall–Kier alpha value is -1.41. The van der Waals surface area contributed by atoms with Crippen molar-refractivity contribution in [1.82, 2.24) is 0 Å². The molecule has 0 bridgehead atoms. The summed E-state index contributed by atoms with van der Waals surface area (Å²) in [6.45, 7) is 2.22. The summed E-state index contributed by atoms with van der Waals surface area (Å²) in [7, 11) is 0. The monoisotopic (exact) mass is 206 g/mol. The Morgan fingerprint density at radius 1 is 1.27 bits per heavy atom. The van der Waals surface area contributed by atoms with Gasteiger partial charge in [0, 0.05) is 0 Å². The molecule has 15 heavy (non-hydrogen) atoms. The third kappa shape index (κ3) is 8.91. The molecule has 0 unspecified atom stereocenters. The van der Waals surface area contributed by atoms with E-state index in [1.807, 2.05) is 36.4 Å². The van der Waals surface area contributed by atoms with E-state index in [1.165, 1.54) is 6.08 Å². The van der Waals surface area contributed by atoms with Crippen LogP contribution in [0.2, 0.25) is 0 Å². The van der Waals surface area contributed by atoms with Gasteiger partial charge >= 0.3 is 0 Å². The van der Waals surface area contributed by atoms with Gasteiger partial charge < -0.3 is 5.11 Å². The van der Waals surface area contributed by atoms with Crippen molar-refractivity contribution in [3.63, 3.8) is 0 Å². The van der Waals surface area contributed by atoms with Crippen LogP contribution >= 0.6 is 0 Å². The number of hydrogen-bond donors (Lipinski definition) is 1. The molecule has 1 N–H and O–H groups in total. The Morgan fingerprint density at radius 2 is 1.93 bits per heavy atom. The van der Waals surface area contributed by atoms with Crippen LogP contribution in [-0.2, 0) is 11.4 Å². The predicted octanol–water partition coefficient (Wildman–Crippen LogP) is 2.72. The van der Waals surface area contributed by atoms with Crippen molar-refractivity contribution in [1.29, 1.82) is 0 Å². The molecule has 0 aromatic heterocycles. The minimum Gasteiger partial charge on any atom is -0.392 e. The highest BCUT2D eigenvalue weighted by Gasteiger charge is 1.81. The average molecular weight is 206 g/mol. The summed E-state index contributed by atoms with van der Waals surface area (Å²) >= 11 is 0. The minimum absolute atomic E-state index is 0.140. The Bertz CT molecular complexity index is 265. The van der Waals surface area contributed by atoms with Crippen molar-refractivity contribution in [2.45, 2.75) is 26.4 Å². The number of carbonyl (C=O) groups is 1. The molecule has 2 heteroatoms. The van der Waals surface area contributed by atoms with Crippen molar-refractivity contribution in [2.75, 3.05) is 0 Å². The van der Waals surface area contributed by atoms with Crippen molar-refractivity contribution >= 4 is 6.29 Å². The number of allylic oxidation sites excluding steroid dienone is 2. The second kappa shape index (κ2) is 10.7. The Balaban J connectivity index is 0.000000265. The lowest BCUT2D eigenvalue weighted by molar-refractivity contribution is -0.104. The highest BCUT2D eigenvalue weighted by molar-refractivity contribution is 5.64. The molecular formula is C13H18O2. The van der Waals surface area contributed by atoms with E-state index in [4.69, 9.17) is 5.11 Å². The number of carbonyl (C=O) groups excluding carboxylic acids is 1. The third-order valence-electron chi connectivity index (χ3n) is 1.70. The SMILES string of the molecule is CCC/C=C/C=O.OCc1ccccc1. The van der Waals surface area contributed by atoms with Crippen LogP contribution in [0, 0.1) is 0 Å². The lowest BCUT2D eigenvalue weighted by Crippen LogP contribution is -1.77. The van der Waals surface area contributed by atoms with Crippen LogP contribution in [0.1, 0.15) is 25.3 Å². The molecule has 0 aliphatic heterocycles. The molecule has 0 radical (unpaired) electrons. The minimum atomic E-state index is 0.140. The molecule has 2 nitrogen and oxygen atoms in total. The predicted molar refractivity (Wildman–Crippen MR) is 62.5 cm³/mol. The van der Waals surface area contributed by atoms with Gasteiger partial charge in [-0.05, 0) is 18.1 Å². The quantitative estimate of drug-likeness (QED) is 0.607.